The molecule has 0 radical (unpaired) electrons. The van der Waals surface area contributed by atoms with Gasteiger partial charge in [0.25, 0.3) is 0 Å². The number of nitrogens with zero attached hydrogens (tertiary/aromatic N) is 2. The third kappa shape index (κ3) is 4.34. The molecule has 0 atom stereocenters. The van der Waals surface area contributed by atoms with E-state index in [0.29, 0.717) is 18.4 Å². The first-order chi connectivity index (χ1) is 15.5. The maximum atomic E-state index is 14.9. The zero-order chi connectivity index (χ0) is 24.1. The molecule has 1 saturated carbocycles. The van der Waals surface area contributed by atoms with Crippen LogP contribution in [0.15, 0.2) is 34.5 Å². The number of pyridine rings is 1. The number of halogens is 5. The molecule has 1 aromatic carbocycles. The minimum Gasteiger partial charge on any atom is -0.382 e. The summed E-state index contributed by atoms with van der Waals surface area (Å²) < 4.78 is 71.4. The fourth-order valence-electron chi connectivity index (χ4n) is 3.63. The number of rotatable bonds is 5. The van der Waals surface area contributed by atoms with Gasteiger partial charge in [-0.3, -0.25) is 4.79 Å². The van der Waals surface area contributed by atoms with E-state index in [2.05, 4.69) is 10.1 Å². The smallest absolute Gasteiger partial charge is 0.382 e. The standard InChI is InChI=1S/C21H18F5N3O4/c1-27-6-15(23)10-7-28(8-10)17-5-16-12(4-14(17)22)18(30)13(9-29(16)11-2-3-11)19(31)33-20(32)21(24,25)26/h4-5,9,11,27H,2-3,6-8H2,1H3. The van der Waals surface area contributed by atoms with E-state index in [1.807, 2.05) is 0 Å². The molecule has 1 N–H and O–H groups in total. The number of alkyl halides is 3. The highest BCUT2D eigenvalue weighted by Gasteiger charge is 2.43. The highest BCUT2D eigenvalue weighted by atomic mass is 19.4. The molecule has 4 rings (SSSR count). The number of aromatic nitrogens is 1. The number of hydrogen-bond acceptors (Lipinski definition) is 6. The van der Waals surface area contributed by atoms with E-state index in [1.54, 1.807) is 11.9 Å². The fourth-order valence-corrected chi connectivity index (χ4v) is 3.63. The van der Waals surface area contributed by atoms with Gasteiger partial charge < -0.3 is 19.5 Å². The summed E-state index contributed by atoms with van der Waals surface area (Å²) in [5, 5.41) is 2.45. The van der Waals surface area contributed by atoms with E-state index in [9.17, 15) is 36.3 Å². The third-order valence-electron chi connectivity index (χ3n) is 5.50. The normalized spacial score (nSPS) is 16.1. The van der Waals surface area contributed by atoms with Crippen LogP contribution in [0.5, 0.6) is 0 Å². The Kier molecular flexibility index (Phi) is 5.72. The highest BCUT2D eigenvalue weighted by molar-refractivity contribution is 6.00. The molecule has 1 aromatic heterocycles. The topological polar surface area (TPSA) is 80.6 Å². The second-order valence-electron chi connectivity index (χ2n) is 7.90. The van der Waals surface area contributed by atoms with Crippen molar-refractivity contribution >= 4 is 28.5 Å². The van der Waals surface area contributed by atoms with E-state index in [1.165, 1.54) is 10.6 Å². The predicted molar refractivity (Wildman–Crippen MR) is 107 cm³/mol. The maximum absolute atomic E-state index is 14.9. The van der Waals surface area contributed by atoms with Crippen LogP contribution in [0.25, 0.3) is 10.9 Å². The quantitative estimate of drug-likeness (QED) is 0.411. The van der Waals surface area contributed by atoms with Crippen molar-refractivity contribution in [3.8, 4) is 0 Å². The number of ether oxygens (including phenoxy) is 1. The van der Waals surface area contributed by atoms with E-state index in [-0.39, 0.29) is 48.1 Å². The van der Waals surface area contributed by atoms with E-state index >= 15 is 0 Å². The van der Waals surface area contributed by atoms with Crippen LogP contribution in [0.2, 0.25) is 0 Å². The van der Waals surface area contributed by atoms with Crippen LogP contribution in [0.4, 0.5) is 27.6 Å². The van der Waals surface area contributed by atoms with Crippen molar-refractivity contribution in [1.29, 1.82) is 0 Å². The number of nitrogens with one attached hydrogen (secondary N) is 1. The van der Waals surface area contributed by atoms with Crippen LogP contribution >= 0.6 is 0 Å². The lowest BCUT2D eigenvalue weighted by Crippen LogP contribution is -2.42. The summed E-state index contributed by atoms with van der Waals surface area (Å²) in [5.74, 6) is -5.66. The first kappa shape index (κ1) is 22.9. The lowest BCUT2D eigenvalue weighted by Gasteiger charge is -2.37. The minimum absolute atomic E-state index is 0.0559. The van der Waals surface area contributed by atoms with E-state index in [4.69, 9.17) is 0 Å². The molecule has 12 heteroatoms. The van der Waals surface area contributed by atoms with Crippen molar-refractivity contribution in [2.75, 3.05) is 31.6 Å². The van der Waals surface area contributed by atoms with Crippen LogP contribution in [-0.2, 0) is 9.53 Å². The molecule has 2 aliphatic rings. The number of carbonyl (C=O) groups excluding carboxylic acids is 2. The summed E-state index contributed by atoms with van der Waals surface area (Å²) in [6.45, 7) is 0.376. The molecule has 0 spiro atoms. The Labute approximate surface area is 183 Å². The first-order valence-corrected chi connectivity index (χ1v) is 9.99. The van der Waals surface area contributed by atoms with Crippen molar-refractivity contribution in [2.24, 2.45) is 0 Å². The molecular weight excluding hydrogens is 453 g/mol. The summed E-state index contributed by atoms with van der Waals surface area (Å²) in [4.78, 5) is 37.5. The molecule has 7 nitrogen and oxygen atoms in total. The zero-order valence-corrected chi connectivity index (χ0v) is 17.3. The molecule has 1 saturated heterocycles. The zero-order valence-electron chi connectivity index (χ0n) is 17.3. The molecule has 33 heavy (non-hydrogen) atoms. The predicted octanol–water partition coefficient (Wildman–Crippen LogP) is 2.98. The lowest BCUT2D eigenvalue weighted by atomic mass is 10.0. The molecule has 2 aromatic rings. The average Bonchev–Trinajstić information content (AvgIpc) is 3.52. The van der Waals surface area contributed by atoms with Crippen LogP contribution in [0.3, 0.4) is 0 Å². The van der Waals surface area contributed by atoms with Gasteiger partial charge in [0.15, 0.2) is 0 Å². The molecule has 2 fully saturated rings. The van der Waals surface area contributed by atoms with Crippen molar-refractivity contribution in [1.82, 2.24) is 9.88 Å². The van der Waals surface area contributed by atoms with Crippen molar-refractivity contribution in [3.05, 3.63) is 51.3 Å². The van der Waals surface area contributed by atoms with Crippen molar-refractivity contribution in [3.63, 3.8) is 0 Å². The lowest BCUT2D eigenvalue weighted by molar-refractivity contribution is -0.193. The number of anilines is 1. The largest absolute Gasteiger partial charge is 0.491 e. The summed E-state index contributed by atoms with van der Waals surface area (Å²) in [6.07, 6.45) is -3.04. The van der Waals surface area contributed by atoms with Crippen molar-refractivity contribution in [2.45, 2.75) is 25.1 Å². The Balaban J connectivity index is 1.73. The molecule has 1 aliphatic carbocycles. The number of fused-ring (bicyclic) bond motifs is 1. The number of hydrogen-bond donors (Lipinski definition) is 1. The van der Waals surface area contributed by atoms with Gasteiger partial charge in [-0.05, 0) is 32.0 Å². The van der Waals surface area contributed by atoms with Gasteiger partial charge in [0.2, 0.25) is 5.43 Å². The van der Waals surface area contributed by atoms with Gasteiger partial charge in [0, 0.05) is 42.8 Å². The Morgan fingerprint density at radius 1 is 1.21 bits per heavy atom. The second kappa shape index (κ2) is 8.25. The van der Waals surface area contributed by atoms with Crippen LogP contribution < -0.4 is 15.6 Å². The van der Waals surface area contributed by atoms with Gasteiger partial charge in [-0.2, -0.15) is 13.2 Å². The first-order valence-electron chi connectivity index (χ1n) is 9.99. The minimum atomic E-state index is -5.42. The van der Waals surface area contributed by atoms with Crippen LogP contribution in [0, 0.1) is 5.82 Å². The summed E-state index contributed by atoms with van der Waals surface area (Å²) >= 11 is 0. The third-order valence-corrected chi connectivity index (χ3v) is 5.50. The molecule has 0 bridgehead atoms. The van der Waals surface area contributed by atoms with Gasteiger partial charge in [0.05, 0.1) is 11.2 Å². The Morgan fingerprint density at radius 2 is 1.88 bits per heavy atom. The number of benzene rings is 1. The summed E-state index contributed by atoms with van der Waals surface area (Å²) in [5.41, 5.74) is -0.958. The van der Waals surface area contributed by atoms with E-state index in [0.717, 1.165) is 12.3 Å². The number of carbonyl (C=O) groups is 2. The molecule has 0 unspecified atom stereocenters. The van der Waals surface area contributed by atoms with Gasteiger partial charge >= 0.3 is 18.1 Å². The molecule has 0 amide bonds. The highest BCUT2D eigenvalue weighted by Crippen LogP contribution is 2.39. The second-order valence-corrected chi connectivity index (χ2v) is 7.90. The molecule has 1 aliphatic heterocycles. The van der Waals surface area contributed by atoms with Crippen LogP contribution in [0.1, 0.15) is 29.2 Å². The number of esters is 2. The summed E-state index contributed by atoms with van der Waals surface area (Å²) in [6, 6.07) is 2.13. The monoisotopic (exact) mass is 471 g/mol. The Bertz CT molecular complexity index is 1240. The van der Waals surface area contributed by atoms with Crippen LogP contribution in [-0.4, -0.2) is 49.4 Å². The Morgan fingerprint density at radius 3 is 2.45 bits per heavy atom. The Hall–Kier alpha value is -3.28. The summed E-state index contributed by atoms with van der Waals surface area (Å²) in [7, 11) is 1.60. The number of likely N-dealkylation sites (N-methyl/N-ethyl adjacent to an activating group) is 1. The van der Waals surface area contributed by atoms with Gasteiger partial charge in [-0.15, -0.1) is 0 Å². The maximum Gasteiger partial charge on any atom is 0.491 e. The molecule has 176 valence electrons. The van der Waals surface area contributed by atoms with Gasteiger partial charge in [-0.1, -0.05) is 0 Å². The SMILES string of the molecule is CNCC(F)=C1CN(c2cc3c(cc2F)c(=O)c(C(=O)OC(=O)C(F)(F)F)cn3C2CC2)C1. The fraction of sp³-hybridized carbons (Fsp3) is 0.381. The van der Waals surface area contributed by atoms with Crippen molar-refractivity contribution < 1.29 is 36.3 Å². The van der Waals surface area contributed by atoms with E-state index < -0.39 is 34.9 Å². The molecular formula is C21H18F5N3O4. The van der Waals surface area contributed by atoms with Gasteiger partial charge in [-0.25, -0.2) is 18.4 Å². The molecule has 2 heterocycles. The average molecular weight is 471 g/mol. The van der Waals surface area contributed by atoms with Gasteiger partial charge in [0.1, 0.15) is 17.2 Å².